The van der Waals surface area contributed by atoms with Crippen LogP contribution in [0, 0.1) is 5.92 Å². The molecule has 1 atom stereocenters. The Bertz CT molecular complexity index is 730. The van der Waals surface area contributed by atoms with Gasteiger partial charge >= 0.3 is 0 Å². The van der Waals surface area contributed by atoms with Crippen LogP contribution in [0.5, 0.6) is 5.75 Å². The van der Waals surface area contributed by atoms with Crippen molar-refractivity contribution in [3.05, 3.63) is 60.2 Å². The van der Waals surface area contributed by atoms with Crippen molar-refractivity contribution in [2.45, 2.75) is 19.9 Å². The highest BCUT2D eigenvalue weighted by Gasteiger charge is 2.25. The molecule has 26 heavy (non-hydrogen) atoms. The Morgan fingerprint density at radius 2 is 1.62 bits per heavy atom. The smallest absolute Gasteiger partial charge is 0.261 e. The Hall–Kier alpha value is -3.02. The summed E-state index contributed by atoms with van der Waals surface area (Å²) in [6.07, 6.45) is 0. The van der Waals surface area contributed by atoms with E-state index < -0.39 is 6.04 Å². The number of nitrogens with zero attached hydrogens (tertiary/aromatic N) is 1. The van der Waals surface area contributed by atoms with E-state index in [-0.39, 0.29) is 17.7 Å². The quantitative estimate of drug-likeness (QED) is 0.749. The molecule has 0 aliphatic rings. The van der Waals surface area contributed by atoms with Crippen LogP contribution in [0.15, 0.2) is 54.6 Å². The average molecular weight is 355 g/mol. The lowest BCUT2D eigenvalue weighted by atomic mass is 10.0. The first-order valence-electron chi connectivity index (χ1n) is 8.46. The minimum absolute atomic E-state index is 0.0682. The minimum atomic E-state index is -0.657. The Labute approximate surface area is 154 Å². The number of methoxy groups -OCH3 is 1. The summed E-state index contributed by atoms with van der Waals surface area (Å²) in [5.41, 5.74) is 4.14. The van der Waals surface area contributed by atoms with Gasteiger partial charge in [0.1, 0.15) is 11.8 Å². The van der Waals surface area contributed by atoms with Gasteiger partial charge in [-0.3, -0.25) is 20.0 Å². The lowest BCUT2D eigenvalue weighted by Crippen LogP contribution is -2.53. The van der Waals surface area contributed by atoms with Crippen LogP contribution in [0.25, 0.3) is 0 Å². The van der Waals surface area contributed by atoms with Crippen LogP contribution in [0.3, 0.4) is 0 Å². The molecule has 0 heterocycles. The molecule has 0 spiro atoms. The number of anilines is 1. The molecule has 2 amide bonds. The minimum Gasteiger partial charge on any atom is -0.497 e. The van der Waals surface area contributed by atoms with Crippen LogP contribution in [-0.4, -0.2) is 32.0 Å². The van der Waals surface area contributed by atoms with E-state index in [2.05, 4.69) is 10.7 Å². The largest absolute Gasteiger partial charge is 0.497 e. The molecule has 0 aliphatic heterocycles. The number of rotatable bonds is 7. The molecule has 0 aliphatic carbocycles. The third-order valence-corrected chi connectivity index (χ3v) is 4.01. The molecular weight excluding hydrogens is 330 g/mol. The second kappa shape index (κ2) is 8.89. The standard InChI is InChI=1S/C20H25N3O3/c1-14(2)18(20(25)22-23(3)16-8-6-5-7-9-16)21-19(24)15-10-12-17(26-4)13-11-15/h5-14,18H,1-4H3,(H,21,24)(H,22,25)/t18-/m0/s1. The molecular formula is C20H25N3O3. The van der Waals surface area contributed by atoms with Crippen molar-refractivity contribution in [3.8, 4) is 5.75 Å². The van der Waals surface area contributed by atoms with Gasteiger partial charge in [-0.25, -0.2) is 0 Å². The zero-order valence-corrected chi connectivity index (χ0v) is 15.5. The van der Waals surface area contributed by atoms with E-state index in [4.69, 9.17) is 4.74 Å². The number of para-hydroxylation sites is 1. The molecule has 2 N–H and O–H groups in total. The summed E-state index contributed by atoms with van der Waals surface area (Å²) in [6, 6.07) is 15.6. The molecule has 0 unspecified atom stereocenters. The summed E-state index contributed by atoms with van der Waals surface area (Å²) in [4.78, 5) is 25.1. The van der Waals surface area contributed by atoms with E-state index in [9.17, 15) is 9.59 Å². The predicted molar refractivity (Wildman–Crippen MR) is 102 cm³/mol. The van der Waals surface area contributed by atoms with Crippen LogP contribution in [-0.2, 0) is 4.79 Å². The van der Waals surface area contributed by atoms with Crippen LogP contribution < -0.4 is 20.5 Å². The van der Waals surface area contributed by atoms with Crippen LogP contribution in [0.1, 0.15) is 24.2 Å². The van der Waals surface area contributed by atoms with Gasteiger partial charge in [-0.15, -0.1) is 0 Å². The number of nitrogens with one attached hydrogen (secondary N) is 2. The van der Waals surface area contributed by atoms with Crippen molar-refractivity contribution in [2.75, 3.05) is 19.2 Å². The number of carbonyl (C=O) groups excluding carboxylic acids is 2. The molecule has 6 heteroatoms. The van der Waals surface area contributed by atoms with E-state index in [1.54, 1.807) is 43.4 Å². The summed E-state index contributed by atoms with van der Waals surface area (Å²) < 4.78 is 5.09. The van der Waals surface area contributed by atoms with Gasteiger partial charge in [-0.2, -0.15) is 0 Å². The second-order valence-electron chi connectivity index (χ2n) is 6.29. The summed E-state index contributed by atoms with van der Waals surface area (Å²) in [5, 5.41) is 4.44. The van der Waals surface area contributed by atoms with E-state index in [1.165, 1.54) is 0 Å². The van der Waals surface area contributed by atoms with Crippen molar-refractivity contribution in [1.29, 1.82) is 0 Å². The number of ether oxygens (including phenoxy) is 1. The number of hydrogen-bond acceptors (Lipinski definition) is 4. The van der Waals surface area contributed by atoms with Gasteiger partial charge in [0.15, 0.2) is 0 Å². The van der Waals surface area contributed by atoms with Gasteiger partial charge in [-0.05, 0) is 42.3 Å². The third-order valence-electron chi connectivity index (χ3n) is 4.01. The maximum atomic E-state index is 12.6. The predicted octanol–water partition coefficient (Wildman–Crippen LogP) is 2.62. The maximum Gasteiger partial charge on any atom is 0.261 e. The SMILES string of the molecule is COc1ccc(C(=O)N[C@H](C(=O)NN(C)c2ccccc2)C(C)C)cc1. The highest BCUT2D eigenvalue weighted by atomic mass is 16.5. The summed E-state index contributed by atoms with van der Waals surface area (Å²) >= 11 is 0. The zero-order valence-electron chi connectivity index (χ0n) is 15.5. The number of hydrazine groups is 1. The molecule has 2 aromatic carbocycles. The molecule has 0 aromatic heterocycles. The summed E-state index contributed by atoms with van der Waals surface area (Å²) in [5.74, 6) is 0.0302. The van der Waals surface area contributed by atoms with Crippen LogP contribution in [0.2, 0.25) is 0 Å². The number of hydrogen-bond donors (Lipinski definition) is 2. The van der Waals surface area contributed by atoms with E-state index in [1.807, 2.05) is 44.2 Å². The van der Waals surface area contributed by atoms with E-state index in [0.717, 1.165) is 5.69 Å². The Kier molecular flexibility index (Phi) is 6.60. The fourth-order valence-corrected chi connectivity index (χ4v) is 2.45. The van der Waals surface area contributed by atoms with Crippen molar-refractivity contribution < 1.29 is 14.3 Å². The molecule has 2 rings (SSSR count). The lowest BCUT2D eigenvalue weighted by molar-refractivity contribution is -0.124. The van der Waals surface area contributed by atoms with Crippen molar-refractivity contribution in [2.24, 2.45) is 5.92 Å². The second-order valence-corrected chi connectivity index (χ2v) is 6.29. The molecule has 6 nitrogen and oxygen atoms in total. The lowest BCUT2D eigenvalue weighted by Gasteiger charge is -2.26. The third kappa shape index (κ3) is 4.99. The van der Waals surface area contributed by atoms with Gasteiger partial charge in [0, 0.05) is 12.6 Å². The molecule has 0 fully saturated rings. The first-order chi connectivity index (χ1) is 12.4. The first kappa shape index (κ1) is 19.3. The Morgan fingerprint density at radius 3 is 2.15 bits per heavy atom. The van der Waals surface area contributed by atoms with Crippen molar-refractivity contribution in [3.63, 3.8) is 0 Å². The number of carbonyl (C=O) groups is 2. The molecule has 0 bridgehead atoms. The van der Waals surface area contributed by atoms with Crippen molar-refractivity contribution in [1.82, 2.24) is 10.7 Å². The van der Waals surface area contributed by atoms with Gasteiger partial charge in [0.25, 0.3) is 11.8 Å². The van der Waals surface area contributed by atoms with Crippen LogP contribution >= 0.6 is 0 Å². The molecule has 0 radical (unpaired) electrons. The molecule has 0 saturated carbocycles. The summed E-state index contributed by atoms with van der Waals surface area (Å²) in [6.45, 7) is 3.78. The fraction of sp³-hybridized carbons (Fsp3) is 0.300. The first-order valence-corrected chi connectivity index (χ1v) is 8.46. The maximum absolute atomic E-state index is 12.6. The van der Waals surface area contributed by atoms with Gasteiger partial charge in [0.05, 0.1) is 12.8 Å². The molecule has 2 aromatic rings. The monoisotopic (exact) mass is 355 g/mol. The topological polar surface area (TPSA) is 70.7 Å². The van der Waals surface area contributed by atoms with Gasteiger partial charge in [0.2, 0.25) is 0 Å². The molecule has 138 valence electrons. The Balaban J connectivity index is 2.04. The van der Waals surface area contributed by atoms with Gasteiger partial charge < -0.3 is 10.1 Å². The fourth-order valence-electron chi connectivity index (χ4n) is 2.45. The zero-order chi connectivity index (χ0) is 19.1. The van der Waals surface area contributed by atoms with Gasteiger partial charge in [-0.1, -0.05) is 32.0 Å². The number of benzene rings is 2. The number of amides is 2. The Morgan fingerprint density at radius 1 is 1.00 bits per heavy atom. The molecule has 0 saturated heterocycles. The van der Waals surface area contributed by atoms with Crippen molar-refractivity contribution >= 4 is 17.5 Å². The average Bonchev–Trinajstić information content (AvgIpc) is 2.66. The van der Waals surface area contributed by atoms with Crippen LogP contribution in [0.4, 0.5) is 5.69 Å². The normalized spacial score (nSPS) is 11.6. The van der Waals surface area contributed by atoms with E-state index >= 15 is 0 Å². The van der Waals surface area contributed by atoms with E-state index in [0.29, 0.717) is 11.3 Å². The highest BCUT2D eigenvalue weighted by molar-refractivity contribution is 5.97. The highest BCUT2D eigenvalue weighted by Crippen LogP contribution is 2.13. The summed E-state index contributed by atoms with van der Waals surface area (Å²) in [7, 11) is 3.33.